The smallest absolute Gasteiger partial charge is 0.240 e. The van der Waals surface area contributed by atoms with Gasteiger partial charge in [0.2, 0.25) is 10.0 Å². The van der Waals surface area contributed by atoms with Gasteiger partial charge in [0, 0.05) is 25.4 Å². The number of nitriles is 1. The van der Waals surface area contributed by atoms with Crippen molar-refractivity contribution in [2.45, 2.75) is 45.2 Å². The number of benzene rings is 1. The van der Waals surface area contributed by atoms with Crippen LogP contribution in [0.15, 0.2) is 29.2 Å². The summed E-state index contributed by atoms with van der Waals surface area (Å²) in [5, 5.41) is 8.86. The zero-order valence-electron chi connectivity index (χ0n) is 17.8. The first-order valence-electron chi connectivity index (χ1n) is 9.97. The van der Waals surface area contributed by atoms with E-state index in [0.717, 1.165) is 22.6 Å². The minimum Gasteiger partial charge on any atom is -0.382 e. The molecule has 0 atom stereocenters. The number of sulfonamides is 1. The molecule has 0 saturated heterocycles. The van der Waals surface area contributed by atoms with E-state index in [0.29, 0.717) is 43.1 Å². The summed E-state index contributed by atoms with van der Waals surface area (Å²) in [5.41, 5.74) is 9.85. The molecular formula is C21H26N6O3S. The normalized spacial score (nSPS) is 11.7. The maximum Gasteiger partial charge on any atom is 0.240 e. The molecule has 2 heterocycles. The highest BCUT2D eigenvalue weighted by atomic mass is 32.2. The van der Waals surface area contributed by atoms with Gasteiger partial charge >= 0.3 is 0 Å². The molecule has 0 radical (unpaired) electrons. The Labute approximate surface area is 181 Å². The number of hydrogen-bond acceptors (Lipinski definition) is 7. The molecule has 2 aromatic heterocycles. The summed E-state index contributed by atoms with van der Waals surface area (Å²) in [5.74, 6) is 1.10. The predicted molar refractivity (Wildman–Crippen MR) is 118 cm³/mol. The van der Waals surface area contributed by atoms with Gasteiger partial charge in [0.05, 0.1) is 22.0 Å². The third-order valence-corrected chi connectivity index (χ3v) is 6.53. The molecule has 1 aromatic carbocycles. The number of pyridine rings is 1. The second-order valence-electron chi connectivity index (χ2n) is 7.11. The second kappa shape index (κ2) is 9.43. The minimum absolute atomic E-state index is 0.127. The summed E-state index contributed by atoms with van der Waals surface area (Å²) < 4.78 is 35.2. The zero-order chi connectivity index (χ0) is 22.6. The van der Waals surface area contributed by atoms with Crippen LogP contribution < -0.4 is 10.5 Å². The number of rotatable bonds is 9. The standard InChI is InChI=1S/C21H26N6O3S/c1-4-30-13-18-26-19-20(14(2)15(3)25-21(19)23)27(18)11-5-10-24-31(28,29)17-8-6-16(12-22)7-9-17/h6-9,24H,4-5,10-11,13H2,1-3H3,(H2,23,25). The molecule has 0 spiro atoms. The number of aryl methyl sites for hydroxylation is 3. The number of nitrogens with two attached hydrogens (primary N) is 1. The lowest BCUT2D eigenvalue weighted by atomic mass is 10.2. The molecule has 31 heavy (non-hydrogen) atoms. The zero-order valence-corrected chi connectivity index (χ0v) is 18.7. The van der Waals surface area contributed by atoms with E-state index in [1.54, 1.807) is 0 Å². The van der Waals surface area contributed by atoms with Gasteiger partial charge in [-0.15, -0.1) is 0 Å². The average molecular weight is 443 g/mol. The molecule has 9 nitrogen and oxygen atoms in total. The molecule has 3 aromatic rings. The van der Waals surface area contributed by atoms with Gasteiger partial charge in [-0.1, -0.05) is 0 Å². The van der Waals surface area contributed by atoms with E-state index in [1.165, 1.54) is 24.3 Å². The average Bonchev–Trinajstić information content (AvgIpc) is 3.12. The topological polar surface area (TPSA) is 136 Å². The van der Waals surface area contributed by atoms with Gasteiger partial charge in [-0.3, -0.25) is 0 Å². The summed E-state index contributed by atoms with van der Waals surface area (Å²) in [6.07, 6.45) is 0.542. The van der Waals surface area contributed by atoms with Crippen LogP contribution >= 0.6 is 0 Å². The molecule has 164 valence electrons. The Balaban J connectivity index is 1.77. The van der Waals surface area contributed by atoms with Crippen molar-refractivity contribution in [2.24, 2.45) is 0 Å². The number of nitrogens with zero attached hydrogens (tertiary/aromatic N) is 4. The van der Waals surface area contributed by atoms with Gasteiger partial charge in [-0.2, -0.15) is 5.26 Å². The Hall–Kier alpha value is -3.00. The lowest BCUT2D eigenvalue weighted by Gasteiger charge is -2.12. The molecule has 0 saturated carbocycles. The van der Waals surface area contributed by atoms with Crippen LogP contribution in [0.5, 0.6) is 0 Å². The van der Waals surface area contributed by atoms with Gasteiger partial charge in [-0.05, 0) is 57.0 Å². The van der Waals surface area contributed by atoms with Crippen molar-refractivity contribution in [1.82, 2.24) is 19.3 Å². The van der Waals surface area contributed by atoms with E-state index in [4.69, 9.17) is 15.7 Å². The third-order valence-electron chi connectivity index (χ3n) is 5.05. The van der Waals surface area contributed by atoms with Crippen molar-refractivity contribution in [3.63, 3.8) is 0 Å². The van der Waals surface area contributed by atoms with E-state index in [1.807, 2.05) is 31.4 Å². The molecule has 0 aliphatic heterocycles. The Morgan fingerprint density at radius 3 is 2.58 bits per heavy atom. The lowest BCUT2D eigenvalue weighted by molar-refractivity contribution is 0.126. The fourth-order valence-electron chi connectivity index (χ4n) is 3.33. The van der Waals surface area contributed by atoms with Crippen molar-refractivity contribution in [3.05, 3.63) is 46.9 Å². The molecular weight excluding hydrogens is 416 g/mol. The van der Waals surface area contributed by atoms with Gasteiger partial charge in [0.25, 0.3) is 0 Å². The molecule has 3 N–H and O–H groups in total. The van der Waals surface area contributed by atoms with Crippen LogP contribution in [0.4, 0.5) is 5.82 Å². The third kappa shape index (κ3) is 4.85. The summed E-state index contributed by atoms with van der Waals surface area (Å²) in [6.45, 7) is 7.46. The Kier molecular flexibility index (Phi) is 6.90. The van der Waals surface area contributed by atoms with Crippen molar-refractivity contribution in [1.29, 1.82) is 5.26 Å². The molecule has 0 unspecified atom stereocenters. The molecule has 3 rings (SSSR count). The van der Waals surface area contributed by atoms with Crippen LogP contribution in [0.2, 0.25) is 0 Å². The predicted octanol–water partition coefficient (Wildman–Crippen LogP) is 2.41. The fraction of sp³-hybridized carbons (Fsp3) is 0.381. The Morgan fingerprint density at radius 2 is 1.94 bits per heavy atom. The van der Waals surface area contributed by atoms with E-state index in [9.17, 15) is 8.42 Å². The number of nitrogen functional groups attached to an aromatic ring is 1. The molecule has 0 fully saturated rings. The molecule has 0 amide bonds. The first-order valence-corrected chi connectivity index (χ1v) is 11.5. The van der Waals surface area contributed by atoms with Crippen LogP contribution in [0.1, 0.15) is 36.0 Å². The van der Waals surface area contributed by atoms with Crippen molar-refractivity contribution in [2.75, 3.05) is 18.9 Å². The molecule has 0 aliphatic rings. The Bertz CT molecular complexity index is 1230. The van der Waals surface area contributed by atoms with Gasteiger partial charge in [0.15, 0.2) is 5.82 Å². The van der Waals surface area contributed by atoms with Gasteiger partial charge in [0.1, 0.15) is 17.9 Å². The van der Waals surface area contributed by atoms with E-state index < -0.39 is 10.0 Å². The van der Waals surface area contributed by atoms with Crippen molar-refractivity contribution in [3.8, 4) is 6.07 Å². The van der Waals surface area contributed by atoms with Crippen LogP contribution in [-0.4, -0.2) is 36.1 Å². The van der Waals surface area contributed by atoms with Crippen LogP contribution in [0.3, 0.4) is 0 Å². The second-order valence-corrected chi connectivity index (χ2v) is 8.88. The van der Waals surface area contributed by atoms with Crippen LogP contribution in [0, 0.1) is 25.2 Å². The largest absolute Gasteiger partial charge is 0.382 e. The van der Waals surface area contributed by atoms with E-state index in [-0.39, 0.29) is 11.4 Å². The number of aromatic nitrogens is 3. The number of nitrogens with one attached hydrogen (secondary N) is 1. The van der Waals surface area contributed by atoms with Gasteiger partial charge < -0.3 is 15.0 Å². The summed E-state index contributed by atoms with van der Waals surface area (Å²) in [4.78, 5) is 9.12. The summed E-state index contributed by atoms with van der Waals surface area (Å²) in [7, 11) is -3.65. The number of fused-ring (bicyclic) bond motifs is 1. The maximum absolute atomic E-state index is 12.5. The number of ether oxygens (including phenoxy) is 1. The first kappa shape index (κ1) is 22.7. The van der Waals surface area contributed by atoms with Crippen molar-refractivity contribution < 1.29 is 13.2 Å². The number of imidazole rings is 1. The molecule has 0 bridgehead atoms. The first-order chi connectivity index (χ1) is 14.8. The molecule has 10 heteroatoms. The monoisotopic (exact) mass is 442 g/mol. The van der Waals surface area contributed by atoms with Crippen LogP contribution in [-0.2, 0) is 27.9 Å². The number of hydrogen-bond donors (Lipinski definition) is 2. The highest BCUT2D eigenvalue weighted by molar-refractivity contribution is 7.89. The lowest BCUT2D eigenvalue weighted by Crippen LogP contribution is -2.25. The quantitative estimate of drug-likeness (QED) is 0.486. The summed E-state index contributed by atoms with van der Waals surface area (Å²) >= 11 is 0. The van der Waals surface area contributed by atoms with Crippen LogP contribution in [0.25, 0.3) is 11.0 Å². The molecule has 0 aliphatic carbocycles. The number of anilines is 1. The summed E-state index contributed by atoms with van der Waals surface area (Å²) in [6, 6.07) is 7.78. The van der Waals surface area contributed by atoms with E-state index in [2.05, 4.69) is 14.7 Å². The SMILES string of the molecule is CCOCc1nc2c(N)nc(C)c(C)c2n1CCCNS(=O)(=O)c1ccc(C#N)cc1. The van der Waals surface area contributed by atoms with Crippen molar-refractivity contribution >= 4 is 26.9 Å². The highest BCUT2D eigenvalue weighted by Crippen LogP contribution is 2.26. The minimum atomic E-state index is -3.65. The van der Waals surface area contributed by atoms with Gasteiger partial charge in [-0.25, -0.2) is 23.1 Å². The maximum atomic E-state index is 12.5. The van der Waals surface area contributed by atoms with E-state index >= 15 is 0 Å². The highest BCUT2D eigenvalue weighted by Gasteiger charge is 2.18. The Morgan fingerprint density at radius 1 is 1.23 bits per heavy atom. The fourth-order valence-corrected chi connectivity index (χ4v) is 4.40.